The summed E-state index contributed by atoms with van der Waals surface area (Å²) in [6.45, 7) is 0. The van der Waals surface area contributed by atoms with Gasteiger partial charge in [0.15, 0.2) is 0 Å². The largest absolute Gasteiger partial charge is 0.360 e. The number of pyridine rings is 2. The molecule has 0 aliphatic carbocycles. The number of nitrogens with one attached hydrogen (secondary N) is 1. The summed E-state index contributed by atoms with van der Waals surface area (Å²) in [6.07, 6.45) is 6.31. The molecule has 0 aliphatic rings. The molecule has 4 nitrogen and oxygen atoms in total. The van der Waals surface area contributed by atoms with Crippen molar-refractivity contribution < 1.29 is 0 Å². The topological polar surface area (TPSA) is 50.7 Å². The molecule has 3 aromatic heterocycles. The molecule has 0 saturated heterocycles. The van der Waals surface area contributed by atoms with Gasteiger partial charge in [0.1, 0.15) is 0 Å². The van der Waals surface area contributed by atoms with E-state index in [4.69, 9.17) is 0 Å². The van der Waals surface area contributed by atoms with E-state index in [1.54, 1.807) is 16.8 Å². The second-order valence-corrected chi connectivity index (χ2v) is 5.46. The molecule has 0 unspecified atom stereocenters. The predicted octanol–water partition coefficient (Wildman–Crippen LogP) is 3.30. The van der Waals surface area contributed by atoms with Crippen molar-refractivity contribution in [1.82, 2.24) is 14.5 Å². The van der Waals surface area contributed by atoms with Crippen LogP contribution in [-0.2, 0) is 6.42 Å². The minimum atomic E-state index is -0.0317. The van der Waals surface area contributed by atoms with Crippen LogP contribution in [0.5, 0.6) is 0 Å². The van der Waals surface area contributed by atoms with Crippen molar-refractivity contribution in [2.75, 3.05) is 0 Å². The number of hydrogen-bond donors (Lipinski definition) is 1. The van der Waals surface area contributed by atoms with Crippen molar-refractivity contribution in [3.8, 4) is 5.69 Å². The zero-order valence-electron chi connectivity index (χ0n) is 12.4. The Kier molecular flexibility index (Phi) is 3.27. The van der Waals surface area contributed by atoms with E-state index >= 15 is 0 Å². The molecule has 4 rings (SSSR count). The van der Waals surface area contributed by atoms with Crippen LogP contribution < -0.4 is 5.56 Å². The molecule has 0 fully saturated rings. The Morgan fingerprint density at radius 2 is 1.87 bits per heavy atom. The zero-order valence-corrected chi connectivity index (χ0v) is 12.4. The summed E-state index contributed by atoms with van der Waals surface area (Å²) in [5.41, 5.74) is 4.91. The normalized spacial score (nSPS) is 11.0. The maximum absolute atomic E-state index is 12.5. The lowest BCUT2D eigenvalue weighted by Crippen LogP contribution is -2.17. The molecule has 4 aromatic rings. The van der Waals surface area contributed by atoms with Gasteiger partial charge >= 0.3 is 0 Å². The fourth-order valence-electron chi connectivity index (χ4n) is 2.90. The van der Waals surface area contributed by atoms with Crippen molar-refractivity contribution >= 4 is 11.0 Å². The third-order valence-electron chi connectivity index (χ3n) is 3.93. The first-order valence-electron chi connectivity index (χ1n) is 7.49. The van der Waals surface area contributed by atoms with Gasteiger partial charge in [-0.1, -0.05) is 24.3 Å². The van der Waals surface area contributed by atoms with E-state index in [2.05, 4.69) is 9.97 Å². The summed E-state index contributed by atoms with van der Waals surface area (Å²) in [4.78, 5) is 19.9. The van der Waals surface area contributed by atoms with Crippen molar-refractivity contribution in [3.63, 3.8) is 0 Å². The molecule has 1 N–H and O–H groups in total. The van der Waals surface area contributed by atoms with E-state index in [-0.39, 0.29) is 5.56 Å². The lowest BCUT2D eigenvalue weighted by molar-refractivity contribution is 1.03. The van der Waals surface area contributed by atoms with Gasteiger partial charge in [0.05, 0.1) is 11.0 Å². The second kappa shape index (κ2) is 5.57. The summed E-state index contributed by atoms with van der Waals surface area (Å²) < 4.78 is 1.76. The van der Waals surface area contributed by atoms with Gasteiger partial charge in [-0.2, -0.15) is 0 Å². The van der Waals surface area contributed by atoms with Crippen LogP contribution in [0.3, 0.4) is 0 Å². The number of fused-ring (bicyclic) bond motifs is 1. The van der Waals surface area contributed by atoms with E-state index in [0.29, 0.717) is 0 Å². The van der Waals surface area contributed by atoms with E-state index in [1.165, 1.54) is 0 Å². The molecule has 112 valence electrons. The predicted molar refractivity (Wildman–Crippen MR) is 90.9 cm³/mol. The van der Waals surface area contributed by atoms with Gasteiger partial charge in [0.2, 0.25) is 0 Å². The second-order valence-electron chi connectivity index (χ2n) is 5.46. The van der Waals surface area contributed by atoms with Gasteiger partial charge in [0, 0.05) is 36.8 Å². The van der Waals surface area contributed by atoms with Gasteiger partial charge in [-0.25, -0.2) is 0 Å². The molecule has 0 amide bonds. The Morgan fingerprint density at radius 1 is 1.00 bits per heavy atom. The summed E-state index contributed by atoms with van der Waals surface area (Å²) in [7, 11) is 0. The van der Waals surface area contributed by atoms with Gasteiger partial charge in [-0.15, -0.1) is 0 Å². The first-order chi connectivity index (χ1) is 11.3. The standard InChI is InChI=1S/C19H15N3O/c23-18-9-8-17-19(22(18)16-6-2-1-3-7-16)15(13-21-17)11-14-5-4-10-20-12-14/h1-10,12-13,21H,11H2. The molecular formula is C19H15N3O. The molecule has 3 heterocycles. The zero-order chi connectivity index (χ0) is 15.6. The lowest BCUT2D eigenvalue weighted by atomic mass is 10.1. The number of benzene rings is 1. The monoisotopic (exact) mass is 301 g/mol. The highest BCUT2D eigenvalue weighted by Crippen LogP contribution is 2.22. The molecule has 0 bridgehead atoms. The fourth-order valence-corrected chi connectivity index (χ4v) is 2.90. The quantitative estimate of drug-likeness (QED) is 0.631. The number of para-hydroxylation sites is 1. The van der Waals surface area contributed by atoms with Crippen molar-refractivity contribution in [2.24, 2.45) is 0 Å². The van der Waals surface area contributed by atoms with Crippen LogP contribution in [0.2, 0.25) is 0 Å². The van der Waals surface area contributed by atoms with Crippen molar-refractivity contribution in [1.29, 1.82) is 0 Å². The number of aromatic nitrogens is 3. The van der Waals surface area contributed by atoms with Crippen LogP contribution >= 0.6 is 0 Å². The smallest absolute Gasteiger partial charge is 0.255 e. The Hall–Kier alpha value is -3.14. The molecular weight excluding hydrogens is 286 g/mol. The highest BCUT2D eigenvalue weighted by atomic mass is 16.1. The number of aromatic amines is 1. The SMILES string of the molecule is O=c1ccc2[nH]cc(Cc3cccnc3)c2n1-c1ccccc1. The minimum absolute atomic E-state index is 0.0317. The first-order valence-corrected chi connectivity index (χ1v) is 7.49. The Bertz CT molecular complexity index is 1000. The summed E-state index contributed by atoms with van der Waals surface area (Å²) in [5.74, 6) is 0. The van der Waals surface area contributed by atoms with E-state index in [9.17, 15) is 4.79 Å². The Morgan fingerprint density at radius 3 is 2.65 bits per heavy atom. The van der Waals surface area contributed by atoms with Crippen molar-refractivity contribution in [3.05, 3.63) is 94.7 Å². The summed E-state index contributed by atoms with van der Waals surface area (Å²) >= 11 is 0. The average molecular weight is 301 g/mol. The number of nitrogens with zero attached hydrogens (tertiary/aromatic N) is 2. The third-order valence-corrected chi connectivity index (χ3v) is 3.93. The van der Waals surface area contributed by atoms with Crippen LogP contribution in [0.25, 0.3) is 16.7 Å². The molecule has 0 saturated carbocycles. The maximum atomic E-state index is 12.5. The molecule has 0 atom stereocenters. The van der Waals surface area contributed by atoms with Crippen LogP contribution in [0.4, 0.5) is 0 Å². The Labute approximate surface area is 133 Å². The Balaban J connectivity index is 1.94. The summed E-state index contributed by atoms with van der Waals surface area (Å²) in [6, 6.07) is 17.1. The molecule has 0 radical (unpaired) electrons. The first kappa shape index (κ1) is 13.5. The van der Waals surface area contributed by atoms with E-state index in [0.717, 1.165) is 34.3 Å². The van der Waals surface area contributed by atoms with Gasteiger partial charge < -0.3 is 4.98 Å². The van der Waals surface area contributed by atoms with Crippen LogP contribution in [0, 0.1) is 0 Å². The third kappa shape index (κ3) is 2.44. The highest BCUT2D eigenvalue weighted by Gasteiger charge is 2.12. The van der Waals surface area contributed by atoms with Crippen LogP contribution in [0.1, 0.15) is 11.1 Å². The minimum Gasteiger partial charge on any atom is -0.360 e. The number of H-pyrrole nitrogens is 1. The van der Waals surface area contributed by atoms with Gasteiger partial charge in [-0.3, -0.25) is 14.3 Å². The van der Waals surface area contributed by atoms with Crippen LogP contribution in [-0.4, -0.2) is 14.5 Å². The highest BCUT2D eigenvalue weighted by molar-refractivity contribution is 5.81. The van der Waals surface area contributed by atoms with Crippen LogP contribution in [0.15, 0.2) is 78.0 Å². The fraction of sp³-hybridized carbons (Fsp3) is 0.0526. The number of hydrogen-bond acceptors (Lipinski definition) is 2. The van der Waals surface area contributed by atoms with Gasteiger partial charge in [-0.05, 0) is 35.4 Å². The van der Waals surface area contributed by atoms with E-state index < -0.39 is 0 Å². The molecule has 23 heavy (non-hydrogen) atoms. The average Bonchev–Trinajstić information content (AvgIpc) is 2.99. The molecule has 0 aliphatic heterocycles. The molecule has 0 spiro atoms. The lowest BCUT2D eigenvalue weighted by Gasteiger charge is -2.09. The molecule has 4 heteroatoms. The molecule has 1 aromatic carbocycles. The number of rotatable bonds is 3. The van der Waals surface area contributed by atoms with E-state index in [1.807, 2.05) is 60.9 Å². The van der Waals surface area contributed by atoms with Gasteiger partial charge in [0.25, 0.3) is 5.56 Å². The maximum Gasteiger partial charge on any atom is 0.255 e. The summed E-state index contributed by atoms with van der Waals surface area (Å²) in [5, 5.41) is 0. The van der Waals surface area contributed by atoms with Crippen molar-refractivity contribution in [2.45, 2.75) is 6.42 Å².